The highest BCUT2D eigenvalue weighted by atomic mass is 19.4. The summed E-state index contributed by atoms with van der Waals surface area (Å²) in [5.74, 6) is -0.0339. The van der Waals surface area contributed by atoms with E-state index in [-0.39, 0.29) is 23.1 Å². The van der Waals surface area contributed by atoms with Crippen LogP contribution in [0.3, 0.4) is 0 Å². The quantitative estimate of drug-likeness (QED) is 0.599. The smallest absolute Gasteiger partial charge is 0.449 e. The molecule has 2 heterocycles. The van der Waals surface area contributed by atoms with Gasteiger partial charge in [0.05, 0.1) is 22.9 Å². The molecule has 0 fully saturated rings. The Hall–Kier alpha value is -4.40. The zero-order valence-corrected chi connectivity index (χ0v) is 16.3. The highest BCUT2D eigenvalue weighted by Crippen LogP contribution is 2.42. The van der Waals surface area contributed by atoms with Crippen molar-refractivity contribution in [2.45, 2.75) is 19.1 Å². The average molecular weight is 442 g/mol. The molecular formula is C20H13F3N6O3. The molecule has 0 saturated carbocycles. The summed E-state index contributed by atoms with van der Waals surface area (Å²) in [7, 11) is 0. The van der Waals surface area contributed by atoms with Crippen LogP contribution in [-0.2, 0) is 10.9 Å². The Kier molecular flexibility index (Phi) is 5.01. The van der Waals surface area contributed by atoms with Crippen LogP contribution in [0.25, 0.3) is 0 Å². The van der Waals surface area contributed by atoms with E-state index in [0.29, 0.717) is 11.1 Å². The molecule has 32 heavy (non-hydrogen) atoms. The molecule has 1 atom stereocenters. The number of rotatable bonds is 3. The molecule has 1 aliphatic heterocycles. The number of nitrogens with zero attached hydrogens (tertiary/aromatic N) is 6. The first-order chi connectivity index (χ1) is 15.2. The number of benzene rings is 2. The molecule has 0 radical (unpaired) electrons. The number of halogens is 3. The fourth-order valence-corrected chi connectivity index (χ4v) is 3.46. The molecule has 1 aliphatic rings. The highest BCUT2D eigenvalue weighted by Gasteiger charge is 2.39. The number of ether oxygens (including phenoxy) is 1. The summed E-state index contributed by atoms with van der Waals surface area (Å²) in [5.41, 5.74) is 0.253. The molecule has 2 aromatic carbocycles. The lowest BCUT2D eigenvalue weighted by Crippen LogP contribution is -2.33. The Morgan fingerprint density at radius 2 is 1.94 bits per heavy atom. The predicted octanol–water partition coefficient (Wildman–Crippen LogP) is 4.23. The van der Waals surface area contributed by atoms with Crippen LogP contribution in [-0.4, -0.2) is 31.5 Å². The van der Waals surface area contributed by atoms with Gasteiger partial charge in [0.1, 0.15) is 6.04 Å². The number of carbonyl (C=O) groups is 1. The summed E-state index contributed by atoms with van der Waals surface area (Å²) in [6.45, 7) is 1.49. The lowest BCUT2D eigenvalue weighted by molar-refractivity contribution is -0.137. The first-order valence-electron chi connectivity index (χ1n) is 9.07. The zero-order valence-electron chi connectivity index (χ0n) is 16.3. The Labute approximate surface area is 178 Å². The minimum absolute atomic E-state index is 0.0638. The van der Waals surface area contributed by atoms with Crippen LogP contribution in [0.5, 0.6) is 0 Å². The van der Waals surface area contributed by atoms with Gasteiger partial charge in [-0.1, -0.05) is 23.3 Å². The van der Waals surface area contributed by atoms with Crippen molar-refractivity contribution in [3.63, 3.8) is 0 Å². The lowest BCUT2D eigenvalue weighted by Gasteiger charge is -2.34. The van der Waals surface area contributed by atoms with E-state index < -0.39 is 23.9 Å². The van der Waals surface area contributed by atoms with E-state index in [2.05, 4.69) is 15.5 Å². The molecule has 0 amide bonds. The normalized spacial score (nSPS) is 15.8. The van der Waals surface area contributed by atoms with Gasteiger partial charge in [0, 0.05) is 5.69 Å². The third-order valence-electron chi connectivity index (χ3n) is 4.84. The van der Waals surface area contributed by atoms with Crippen LogP contribution < -0.4 is 4.90 Å². The fraction of sp³-hybridized carbons (Fsp3) is 0.150. The lowest BCUT2D eigenvalue weighted by atomic mass is 10.0. The Bertz CT molecular complexity index is 1260. The van der Waals surface area contributed by atoms with E-state index >= 15 is 0 Å². The van der Waals surface area contributed by atoms with E-state index in [4.69, 9.17) is 10.00 Å². The summed E-state index contributed by atoms with van der Waals surface area (Å²) in [6, 6.07) is 11.8. The number of alkyl halides is 3. The topological polar surface area (TPSA) is 117 Å². The number of aromatic nitrogens is 4. The second kappa shape index (κ2) is 7.69. The van der Waals surface area contributed by atoms with Crippen LogP contribution in [0, 0.1) is 11.3 Å². The van der Waals surface area contributed by atoms with Gasteiger partial charge in [0.25, 0.3) is 5.95 Å². The molecular weight excluding hydrogens is 429 g/mol. The van der Waals surface area contributed by atoms with Gasteiger partial charge < -0.3 is 9.84 Å². The molecule has 0 bridgehead atoms. The molecule has 12 heteroatoms. The Balaban J connectivity index is 1.91. The number of hydrogen-bond acceptors (Lipinski definition) is 7. The van der Waals surface area contributed by atoms with Crippen LogP contribution in [0.4, 0.5) is 29.6 Å². The van der Waals surface area contributed by atoms with Crippen molar-refractivity contribution in [3.05, 3.63) is 76.7 Å². The van der Waals surface area contributed by atoms with Crippen molar-refractivity contribution in [2.24, 2.45) is 0 Å². The molecule has 4 rings (SSSR count). The van der Waals surface area contributed by atoms with Crippen molar-refractivity contribution in [1.82, 2.24) is 20.2 Å². The SMILES string of the molecule is CC1=C(OC(=O)O)[C@@H](c2ccc(C#N)cc2)n2nnnc2N1c1cccc(C(F)(F)F)c1. The van der Waals surface area contributed by atoms with E-state index in [1.54, 1.807) is 12.1 Å². The molecule has 0 unspecified atom stereocenters. The molecule has 1 N–H and O–H groups in total. The molecule has 1 aromatic heterocycles. The van der Waals surface area contributed by atoms with Crippen molar-refractivity contribution in [1.29, 1.82) is 5.26 Å². The number of allylic oxidation sites excluding steroid dienone is 2. The molecule has 9 nitrogen and oxygen atoms in total. The van der Waals surface area contributed by atoms with E-state index in [1.165, 1.54) is 40.8 Å². The van der Waals surface area contributed by atoms with Crippen LogP contribution in [0.1, 0.15) is 29.7 Å². The number of tetrazole rings is 1. The zero-order chi connectivity index (χ0) is 23.0. The molecule has 3 aromatic rings. The Morgan fingerprint density at radius 3 is 2.56 bits per heavy atom. The third kappa shape index (κ3) is 3.60. The number of carboxylic acid groups (broad SMARTS) is 1. The summed E-state index contributed by atoms with van der Waals surface area (Å²) in [4.78, 5) is 12.7. The molecule has 0 spiro atoms. The second-order valence-corrected chi connectivity index (χ2v) is 6.76. The maximum Gasteiger partial charge on any atom is 0.511 e. The highest BCUT2D eigenvalue weighted by molar-refractivity contribution is 5.68. The van der Waals surface area contributed by atoms with Crippen molar-refractivity contribution in [3.8, 4) is 6.07 Å². The van der Waals surface area contributed by atoms with Gasteiger partial charge in [0.15, 0.2) is 5.76 Å². The van der Waals surface area contributed by atoms with Crippen molar-refractivity contribution >= 4 is 17.8 Å². The van der Waals surface area contributed by atoms with Crippen LogP contribution >= 0.6 is 0 Å². The van der Waals surface area contributed by atoms with Crippen LogP contribution in [0.15, 0.2) is 60.0 Å². The van der Waals surface area contributed by atoms with Gasteiger partial charge >= 0.3 is 12.3 Å². The average Bonchev–Trinajstić information content (AvgIpc) is 3.22. The van der Waals surface area contributed by atoms with Gasteiger partial charge in [-0.3, -0.25) is 4.90 Å². The number of hydrogen-bond donors (Lipinski definition) is 1. The minimum atomic E-state index is -4.58. The van der Waals surface area contributed by atoms with Gasteiger partial charge in [-0.05, 0) is 53.2 Å². The molecule has 162 valence electrons. The fourth-order valence-electron chi connectivity index (χ4n) is 3.46. The van der Waals surface area contributed by atoms with Gasteiger partial charge in [-0.2, -0.15) is 23.1 Å². The van der Waals surface area contributed by atoms with Gasteiger partial charge in [0.2, 0.25) is 0 Å². The van der Waals surface area contributed by atoms with Crippen molar-refractivity contribution in [2.75, 3.05) is 4.90 Å². The summed E-state index contributed by atoms with van der Waals surface area (Å²) in [5, 5.41) is 29.8. The third-order valence-corrected chi connectivity index (χ3v) is 4.84. The predicted molar refractivity (Wildman–Crippen MR) is 103 cm³/mol. The van der Waals surface area contributed by atoms with E-state index in [9.17, 15) is 23.1 Å². The maximum atomic E-state index is 13.3. The standard InChI is InChI=1S/C20H13F3N6O3/c1-11-17(32-19(30)31)16(13-7-5-12(10-24)6-8-13)29-18(25-26-27-29)28(11)15-4-2-3-14(9-15)20(21,22)23/h2-9,16H,1H3,(H,30,31)/t16-/m1/s1. The first-order valence-corrected chi connectivity index (χ1v) is 9.07. The number of fused-ring (bicyclic) bond motifs is 1. The first kappa shape index (κ1) is 20.9. The summed E-state index contributed by atoms with van der Waals surface area (Å²) >= 11 is 0. The molecule has 0 aliphatic carbocycles. The summed E-state index contributed by atoms with van der Waals surface area (Å²) < 4.78 is 46.1. The molecule has 0 saturated heterocycles. The van der Waals surface area contributed by atoms with Gasteiger partial charge in [-0.15, -0.1) is 0 Å². The number of anilines is 2. The minimum Gasteiger partial charge on any atom is -0.449 e. The largest absolute Gasteiger partial charge is 0.511 e. The van der Waals surface area contributed by atoms with E-state index in [0.717, 1.165) is 12.1 Å². The van der Waals surface area contributed by atoms with Crippen LogP contribution in [0.2, 0.25) is 0 Å². The summed E-state index contributed by atoms with van der Waals surface area (Å²) in [6.07, 6.45) is -6.20. The maximum absolute atomic E-state index is 13.3. The van der Waals surface area contributed by atoms with Gasteiger partial charge in [-0.25, -0.2) is 4.79 Å². The van der Waals surface area contributed by atoms with E-state index in [1.807, 2.05) is 6.07 Å². The monoisotopic (exact) mass is 442 g/mol. The second-order valence-electron chi connectivity index (χ2n) is 6.76. The van der Waals surface area contributed by atoms with Crippen molar-refractivity contribution < 1.29 is 27.8 Å². The number of nitriles is 1. The Morgan fingerprint density at radius 1 is 1.22 bits per heavy atom.